The van der Waals surface area contributed by atoms with Crippen LogP contribution in [0.5, 0.6) is 5.75 Å². The number of benzene rings is 1. The van der Waals surface area contributed by atoms with Crippen molar-refractivity contribution in [1.82, 2.24) is 0 Å². The van der Waals surface area contributed by atoms with Gasteiger partial charge in [-0.25, -0.2) is 0 Å². The molecule has 1 aromatic carbocycles. The van der Waals surface area contributed by atoms with Crippen LogP contribution in [-0.2, 0) is 4.79 Å². The summed E-state index contributed by atoms with van der Waals surface area (Å²) in [4.78, 5) is 12.3. The van der Waals surface area contributed by atoms with Gasteiger partial charge in [-0.05, 0) is 32.4 Å². The smallest absolute Gasteiger partial charge is 0.238 e. The SMILES string of the molecule is CCOc1cccc(NC(=O)C(C)(CC)/C(N)=N/O)c1. The Balaban J connectivity index is 2.92. The first-order valence-corrected chi connectivity index (χ1v) is 6.50. The van der Waals surface area contributed by atoms with Crippen LogP contribution in [0.3, 0.4) is 0 Å². The number of anilines is 1. The Hall–Kier alpha value is -2.24. The summed E-state index contributed by atoms with van der Waals surface area (Å²) in [6, 6.07) is 7.07. The van der Waals surface area contributed by atoms with Crippen LogP contribution >= 0.6 is 0 Å². The van der Waals surface area contributed by atoms with E-state index < -0.39 is 5.41 Å². The molecule has 0 aliphatic carbocycles. The van der Waals surface area contributed by atoms with E-state index in [-0.39, 0.29) is 11.7 Å². The molecule has 6 heteroatoms. The van der Waals surface area contributed by atoms with Gasteiger partial charge in [-0.15, -0.1) is 0 Å². The molecule has 1 aromatic rings. The highest BCUT2D eigenvalue weighted by atomic mass is 16.5. The molecular formula is C14H21N3O3. The minimum absolute atomic E-state index is 0.113. The summed E-state index contributed by atoms with van der Waals surface area (Å²) in [6.07, 6.45) is 0.417. The van der Waals surface area contributed by atoms with Crippen molar-refractivity contribution in [3.63, 3.8) is 0 Å². The van der Waals surface area contributed by atoms with Crippen LogP contribution in [0.1, 0.15) is 27.2 Å². The van der Waals surface area contributed by atoms with E-state index >= 15 is 0 Å². The molecule has 20 heavy (non-hydrogen) atoms. The molecule has 0 radical (unpaired) electrons. The van der Waals surface area contributed by atoms with Crippen LogP contribution in [0.4, 0.5) is 5.69 Å². The summed E-state index contributed by atoms with van der Waals surface area (Å²) < 4.78 is 5.37. The third-order valence-electron chi connectivity index (χ3n) is 3.28. The number of oxime groups is 1. The van der Waals surface area contributed by atoms with E-state index in [0.717, 1.165) is 0 Å². The normalized spacial score (nSPS) is 14.4. The van der Waals surface area contributed by atoms with Crippen molar-refractivity contribution in [2.24, 2.45) is 16.3 Å². The number of carbonyl (C=O) groups excluding carboxylic acids is 1. The number of amides is 1. The Kier molecular flexibility index (Phi) is 5.37. The first kappa shape index (κ1) is 15.8. The second kappa shape index (κ2) is 6.79. The standard InChI is InChI=1S/C14H21N3O3/c1-4-14(3,12(15)17-19)13(18)16-10-7-6-8-11(9-10)20-5-2/h6-9,19H,4-5H2,1-3H3,(H2,15,17)(H,16,18). The predicted octanol–water partition coefficient (Wildman–Crippen LogP) is 2.19. The highest BCUT2D eigenvalue weighted by Gasteiger charge is 2.36. The van der Waals surface area contributed by atoms with Crippen LogP contribution in [0, 0.1) is 5.41 Å². The van der Waals surface area contributed by atoms with Crippen LogP contribution in [0.2, 0.25) is 0 Å². The third kappa shape index (κ3) is 3.40. The maximum Gasteiger partial charge on any atom is 0.238 e. The molecule has 1 atom stereocenters. The first-order valence-electron chi connectivity index (χ1n) is 6.50. The first-order chi connectivity index (χ1) is 9.47. The lowest BCUT2D eigenvalue weighted by Crippen LogP contribution is -2.44. The summed E-state index contributed by atoms with van der Waals surface area (Å²) in [5, 5.41) is 14.5. The van der Waals surface area contributed by atoms with Gasteiger partial charge in [-0.3, -0.25) is 4.79 Å². The minimum Gasteiger partial charge on any atom is -0.494 e. The number of nitrogens with two attached hydrogens (primary N) is 1. The molecule has 1 amide bonds. The number of ether oxygens (including phenoxy) is 1. The number of rotatable bonds is 6. The average Bonchev–Trinajstić information content (AvgIpc) is 2.46. The van der Waals surface area contributed by atoms with Crippen molar-refractivity contribution in [3.8, 4) is 5.75 Å². The third-order valence-corrected chi connectivity index (χ3v) is 3.28. The lowest BCUT2D eigenvalue weighted by molar-refractivity contribution is -0.121. The Morgan fingerprint density at radius 2 is 2.20 bits per heavy atom. The topological polar surface area (TPSA) is 96.9 Å². The second-order valence-corrected chi connectivity index (χ2v) is 4.59. The van der Waals surface area contributed by atoms with Crippen LogP contribution < -0.4 is 15.8 Å². The molecule has 0 saturated heterocycles. The lowest BCUT2D eigenvalue weighted by Gasteiger charge is -2.25. The van der Waals surface area contributed by atoms with E-state index in [9.17, 15) is 4.79 Å². The van der Waals surface area contributed by atoms with Crippen molar-refractivity contribution in [1.29, 1.82) is 0 Å². The van der Waals surface area contributed by atoms with Gasteiger partial charge in [0.2, 0.25) is 5.91 Å². The molecule has 0 aromatic heterocycles. The maximum absolute atomic E-state index is 12.3. The molecule has 1 rings (SSSR count). The molecule has 0 heterocycles. The maximum atomic E-state index is 12.3. The van der Waals surface area contributed by atoms with Gasteiger partial charge in [0.1, 0.15) is 11.2 Å². The molecule has 4 N–H and O–H groups in total. The number of hydrogen-bond acceptors (Lipinski definition) is 4. The largest absolute Gasteiger partial charge is 0.494 e. The van der Waals surface area contributed by atoms with Crippen molar-refractivity contribution < 1.29 is 14.7 Å². The lowest BCUT2D eigenvalue weighted by atomic mass is 9.85. The summed E-state index contributed by atoms with van der Waals surface area (Å²) in [5.74, 6) is 0.231. The fraction of sp³-hybridized carbons (Fsp3) is 0.429. The minimum atomic E-state index is -1.06. The summed E-state index contributed by atoms with van der Waals surface area (Å²) in [7, 11) is 0. The Morgan fingerprint density at radius 1 is 1.50 bits per heavy atom. The van der Waals surface area contributed by atoms with Crippen molar-refractivity contribution in [3.05, 3.63) is 24.3 Å². The van der Waals surface area contributed by atoms with E-state index in [1.807, 2.05) is 13.0 Å². The van der Waals surface area contributed by atoms with E-state index in [1.165, 1.54) is 0 Å². The number of nitrogens with zero attached hydrogens (tertiary/aromatic N) is 1. The number of carbonyl (C=O) groups is 1. The zero-order valence-corrected chi connectivity index (χ0v) is 12.0. The van der Waals surface area contributed by atoms with E-state index in [1.54, 1.807) is 32.0 Å². The van der Waals surface area contributed by atoms with Crippen molar-refractivity contribution in [2.75, 3.05) is 11.9 Å². The monoisotopic (exact) mass is 279 g/mol. The van der Waals surface area contributed by atoms with E-state index in [0.29, 0.717) is 24.5 Å². The number of amidine groups is 1. The predicted molar refractivity (Wildman–Crippen MR) is 78.0 cm³/mol. The highest BCUT2D eigenvalue weighted by Crippen LogP contribution is 2.25. The highest BCUT2D eigenvalue weighted by molar-refractivity contribution is 6.11. The van der Waals surface area contributed by atoms with Crippen molar-refractivity contribution in [2.45, 2.75) is 27.2 Å². The summed E-state index contributed by atoms with van der Waals surface area (Å²) >= 11 is 0. The van der Waals surface area contributed by atoms with Gasteiger partial charge in [0.15, 0.2) is 5.84 Å². The fourth-order valence-corrected chi connectivity index (χ4v) is 1.67. The van der Waals surface area contributed by atoms with Gasteiger partial charge >= 0.3 is 0 Å². The Bertz CT molecular complexity index is 502. The van der Waals surface area contributed by atoms with Gasteiger partial charge in [-0.1, -0.05) is 18.1 Å². The van der Waals surface area contributed by atoms with Gasteiger partial charge in [0.25, 0.3) is 0 Å². The molecular weight excluding hydrogens is 258 g/mol. The molecule has 0 saturated carbocycles. The quantitative estimate of drug-likeness (QED) is 0.322. The molecule has 0 aliphatic rings. The molecule has 0 spiro atoms. The molecule has 110 valence electrons. The van der Waals surface area contributed by atoms with Crippen LogP contribution in [-0.4, -0.2) is 23.6 Å². The Labute approximate surface area is 118 Å². The average molecular weight is 279 g/mol. The molecule has 0 bridgehead atoms. The van der Waals surface area contributed by atoms with Gasteiger partial charge in [-0.2, -0.15) is 0 Å². The molecule has 1 unspecified atom stereocenters. The van der Waals surface area contributed by atoms with Gasteiger partial charge in [0, 0.05) is 11.8 Å². The van der Waals surface area contributed by atoms with E-state index in [2.05, 4.69) is 10.5 Å². The molecule has 6 nitrogen and oxygen atoms in total. The zero-order valence-electron chi connectivity index (χ0n) is 12.0. The van der Waals surface area contributed by atoms with Gasteiger partial charge in [0.05, 0.1) is 6.61 Å². The number of nitrogens with one attached hydrogen (secondary N) is 1. The molecule has 0 aliphatic heterocycles. The van der Waals surface area contributed by atoms with Crippen LogP contribution in [0.25, 0.3) is 0 Å². The van der Waals surface area contributed by atoms with Crippen LogP contribution in [0.15, 0.2) is 29.4 Å². The summed E-state index contributed by atoms with van der Waals surface area (Å²) in [6.45, 7) is 5.87. The van der Waals surface area contributed by atoms with Crippen molar-refractivity contribution >= 4 is 17.4 Å². The number of hydrogen-bond donors (Lipinski definition) is 3. The zero-order chi connectivity index (χ0) is 15.2. The fourth-order valence-electron chi connectivity index (χ4n) is 1.67. The second-order valence-electron chi connectivity index (χ2n) is 4.59. The Morgan fingerprint density at radius 3 is 2.75 bits per heavy atom. The van der Waals surface area contributed by atoms with E-state index in [4.69, 9.17) is 15.7 Å². The summed E-state index contributed by atoms with van der Waals surface area (Å²) in [5.41, 5.74) is 5.15. The van der Waals surface area contributed by atoms with Gasteiger partial charge < -0.3 is 21.0 Å². The molecule has 0 fully saturated rings.